The molecule has 0 N–H and O–H groups in total. The highest BCUT2D eigenvalue weighted by molar-refractivity contribution is 5.94. The van der Waals surface area contributed by atoms with Crippen molar-refractivity contribution in [1.29, 1.82) is 0 Å². The monoisotopic (exact) mass is 532 g/mol. The van der Waals surface area contributed by atoms with Gasteiger partial charge in [0, 0.05) is 50.7 Å². The average Bonchev–Trinajstić information content (AvgIpc) is 3.75. The summed E-state index contributed by atoms with van der Waals surface area (Å²) < 4.78 is 12.1. The molecule has 6 heteroatoms. The first kappa shape index (κ1) is 27.9. The first-order chi connectivity index (χ1) is 18.7. The summed E-state index contributed by atoms with van der Waals surface area (Å²) in [6.07, 6.45) is 6.22. The molecule has 2 aliphatic carbocycles. The van der Waals surface area contributed by atoms with Crippen molar-refractivity contribution >= 4 is 11.9 Å². The summed E-state index contributed by atoms with van der Waals surface area (Å²) >= 11 is 0. The van der Waals surface area contributed by atoms with Crippen LogP contribution in [-0.2, 0) is 14.9 Å². The van der Waals surface area contributed by atoms with E-state index in [0.717, 1.165) is 68.9 Å². The lowest BCUT2D eigenvalue weighted by molar-refractivity contribution is -0.155. The fourth-order valence-corrected chi connectivity index (χ4v) is 7.21. The minimum Gasteiger partial charge on any atom is -0.427 e. The summed E-state index contributed by atoms with van der Waals surface area (Å²) in [4.78, 5) is 30.5. The van der Waals surface area contributed by atoms with Crippen LogP contribution in [0.25, 0.3) is 0 Å². The zero-order valence-corrected chi connectivity index (χ0v) is 24.0. The number of hydrogen-bond acceptors (Lipinski definition) is 5. The van der Waals surface area contributed by atoms with Gasteiger partial charge < -0.3 is 19.3 Å². The van der Waals surface area contributed by atoms with Crippen molar-refractivity contribution in [3.63, 3.8) is 0 Å². The lowest BCUT2D eigenvalue weighted by Crippen LogP contribution is -2.68. The first-order valence-corrected chi connectivity index (χ1v) is 14.7. The van der Waals surface area contributed by atoms with Gasteiger partial charge in [-0.25, -0.2) is 0 Å². The number of ether oxygens (including phenoxy) is 2. The number of carbonyl (C=O) groups is 2. The van der Waals surface area contributed by atoms with Crippen LogP contribution in [0.1, 0.15) is 75.2 Å². The van der Waals surface area contributed by atoms with Crippen LogP contribution < -0.4 is 4.74 Å². The van der Waals surface area contributed by atoms with E-state index in [2.05, 4.69) is 29.7 Å². The molecule has 2 saturated carbocycles. The number of rotatable bonds is 9. The van der Waals surface area contributed by atoms with E-state index >= 15 is 0 Å². The van der Waals surface area contributed by atoms with Gasteiger partial charge in [0.05, 0.1) is 5.60 Å². The third kappa shape index (κ3) is 5.78. The van der Waals surface area contributed by atoms with Crippen molar-refractivity contribution in [1.82, 2.24) is 9.80 Å². The number of carbonyl (C=O) groups excluding carboxylic acids is 2. The van der Waals surface area contributed by atoms with E-state index in [9.17, 15) is 9.59 Å². The number of fused-ring (bicyclic) bond motifs is 1. The molecule has 3 aliphatic rings. The topological polar surface area (TPSA) is 59.1 Å². The molecule has 1 heterocycles. The van der Waals surface area contributed by atoms with Crippen molar-refractivity contribution < 1.29 is 19.1 Å². The Hall–Kier alpha value is -2.70. The van der Waals surface area contributed by atoms with E-state index < -0.39 is 0 Å². The summed E-state index contributed by atoms with van der Waals surface area (Å²) in [6.45, 7) is 9.56. The molecule has 3 fully saturated rings. The number of nitrogens with zero attached hydrogens (tertiary/aromatic N) is 2. The first-order valence-electron chi connectivity index (χ1n) is 14.7. The standard InChI is InChI=1S/C33H44N2O4/c1-24(2)21-35(31(37)27-9-6-5-7-10-27)29-15-16-33(38-4)23-34(22-26-13-14-26)18-17-32(33,20-29)28-11-8-12-30(19-28)39-25(3)36/h5-12,19,24,26,29H,13-18,20-23H2,1-4H3/t29-,32-,33-/m0/s1. The van der Waals surface area contributed by atoms with E-state index in [0.29, 0.717) is 11.7 Å². The lowest BCUT2D eigenvalue weighted by atomic mass is 9.54. The normalized spacial score (nSPS) is 27.2. The molecule has 0 unspecified atom stereocenters. The second kappa shape index (κ2) is 11.4. The molecule has 2 aromatic rings. The Morgan fingerprint density at radius 3 is 2.49 bits per heavy atom. The highest BCUT2D eigenvalue weighted by Gasteiger charge is 2.60. The highest BCUT2D eigenvalue weighted by atomic mass is 16.5. The molecule has 2 aromatic carbocycles. The van der Waals surface area contributed by atoms with Crippen molar-refractivity contribution in [3.05, 3.63) is 65.7 Å². The van der Waals surface area contributed by atoms with Gasteiger partial charge in [0.25, 0.3) is 5.91 Å². The van der Waals surface area contributed by atoms with Gasteiger partial charge in [-0.15, -0.1) is 0 Å². The molecule has 39 heavy (non-hydrogen) atoms. The van der Waals surface area contributed by atoms with Gasteiger partial charge in [-0.1, -0.05) is 44.2 Å². The summed E-state index contributed by atoms with van der Waals surface area (Å²) in [5, 5.41) is 0. The molecule has 1 amide bonds. The zero-order valence-electron chi connectivity index (χ0n) is 24.0. The maximum Gasteiger partial charge on any atom is 0.308 e. The van der Waals surface area contributed by atoms with E-state index in [-0.39, 0.29) is 28.9 Å². The van der Waals surface area contributed by atoms with Gasteiger partial charge in [-0.05, 0) is 86.7 Å². The fourth-order valence-electron chi connectivity index (χ4n) is 7.21. The summed E-state index contributed by atoms with van der Waals surface area (Å²) in [5.41, 5.74) is 1.22. The Morgan fingerprint density at radius 2 is 1.82 bits per heavy atom. The van der Waals surface area contributed by atoms with Gasteiger partial charge >= 0.3 is 5.97 Å². The van der Waals surface area contributed by atoms with E-state index in [4.69, 9.17) is 9.47 Å². The summed E-state index contributed by atoms with van der Waals surface area (Å²) in [7, 11) is 1.87. The van der Waals surface area contributed by atoms with Crippen molar-refractivity contribution in [2.75, 3.05) is 33.3 Å². The molecule has 0 aromatic heterocycles. The number of hydrogen-bond donors (Lipinski definition) is 0. The smallest absolute Gasteiger partial charge is 0.308 e. The molecule has 0 bridgehead atoms. The van der Waals surface area contributed by atoms with Gasteiger partial charge in [-0.2, -0.15) is 0 Å². The SMILES string of the molecule is CO[C@]12CC[C@H](N(CC(C)C)C(=O)c3ccccc3)C[C@]1(c1cccc(OC(C)=O)c1)CCN(CC1CC1)C2. The number of likely N-dealkylation sites (tertiary alicyclic amines) is 1. The van der Waals surface area contributed by atoms with E-state index in [1.807, 2.05) is 55.6 Å². The molecule has 0 radical (unpaired) electrons. The minimum absolute atomic E-state index is 0.0933. The Bertz CT molecular complexity index is 1160. The number of esters is 1. The maximum absolute atomic E-state index is 13.9. The van der Waals surface area contributed by atoms with Crippen LogP contribution in [0.5, 0.6) is 5.75 Å². The Kier molecular flexibility index (Phi) is 8.16. The molecule has 1 aliphatic heterocycles. The Morgan fingerprint density at radius 1 is 1.05 bits per heavy atom. The zero-order chi connectivity index (χ0) is 27.6. The third-order valence-corrected chi connectivity index (χ3v) is 9.21. The van der Waals surface area contributed by atoms with Crippen molar-refractivity contribution in [2.24, 2.45) is 11.8 Å². The molecule has 210 valence electrons. The quantitative estimate of drug-likeness (QED) is 0.306. The predicted octanol–water partition coefficient (Wildman–Crippen LogP) is 5.70. The van der Waals surface area contributed by atoms with Crippen LogP contribution in [0.4, 0.5) is 0 Å². The summed E-state index contributed by atoms with van der Waals surface area (Å²) in [6, 6.07) is 17.8. The van der Waals surface area contributed by atoms with Crippen LogP contribution in [0.3, 0.4) is 0 Å². The highest BCUT2D eigenvalue weighted by Crippen LogP contribution is 2.55. The largest absolute Gasteiger partial charge is 0.427 e. The van der Waals surface area contributed by atoms with Crippen LogP contribution >= 0.6 is 0 Å². The van der Waals surface area contributed by atoms with Gasteiger partial charge in [0.1, 0.15) is 5.75 Å². The van der Waals surface area contributed by atoms with E-state index in [1.165, 1.54) is 19.8 Å². The van der Waals surface area contributed by atoms with Crippen LogP contribution in [-0.4, -0.2) is 66.6 Å². The number of benzene rings is 2. The molecule has 5 rings (SSSR count). The fraction of sp³-hybridized carbons (Fsp3) is 0.576. The molecular formula is C33H44N2O4. The second-order valence-electron chi connectivity index (χ2n) is 12.4. The average molecular weight is 533 g/mol. The van der Waals surface area contributed by atoms with Gasteiger partial charge in [0.15, 0.2) is 0 Å². The Balaban J connectivity index is 1.54. The predicted molar refractivity (Wildman–Crippen MR) is 153 cm³/mol. The number of piperidine rings is 1. The van der Waals surface area contributed by atoms with Gasteiger partial charge in [0.2, 0.25) is 0 Å². The molecular weight excluding hydrogens is 488 g/mol. The minimum atomic E-state index is -0.370. The molecule has 1 saturated heterocycles. The maximum atomic E-state index is 13.9. The van der Waals surface area contributed by atoms with Crippen molar-refractivity contribution in [2.45, 2.75) is 76.4 Å². The Labute approximate surface area is 233 Å². The molecule has 3 atom stereocenters. The third-order valence-electron chi connectivity index (χ3n) is 9.21. The van der Waals surface area contributed by atoms with Crippen LogP contribution in [0, 0.1) is 11.8 Å². The lowest BCUT2D eigenvalue weighted by Gasteiger charge is -2.61. The van der Waals surface area contributed by atoms with Crippen LogP contribution in [0.2, 0.25) is 0 Å². The number of amides is 1. The van der Waals surface area contributed by atoms with Gasteiger partial charge in [-0.3, -0.25) is 9.59 Å². The molecule has 0 spiro atoms. The van der Waals surface area contributed by atoms with E-state index in [1.54, 1.807) is 0 Å². The number of methoxy groups -OCH3 is 1. The second-order valence-corrected chi connectivity index (χ2v) is 12.4. The van der Waals surface area contributed by atoms with Crippen molar-refractivity contribution in [3.8, 4) is 5.75 Å². The summed E-state index contributed by atoms with van der Waals surface area (Å²) in [5.74, 6) is 1.53. The van der Waals surface area contributed by atoms with Crippen LogP contribution in [0.15, 0.2) is 54.6 Å². The molecule has 6 nitrogen and oxygen atoms in total.